The van der Waals surface area contributed by atoms with Gasteiger partial charge in [-0.15, -0.1) is 11.3 Å². The third-order valence-electron chi connectivity index (χ3n) is 3.88. The lowest BCUT2D eigenvalue weighted by molar-refractivity contribution is 0.0172. The smallest absolute Gasteiger partial charge is 0.0916 e. The Labute approximate surface area is 130 Å². The average molecular weight is 305 g/mol. The molecular weight excluding hydrogens is 282 g/mol. The second-order valence-electron chi connectivity index (χ2n) is 5.67. The number of likely N-dealkylation sites (N-methyl/N-ethyl adjacent to an activating group) is 1. The number of thiophene rings is 1. The second-order valence-corrected chi connectivity index (χ2v) is 6.87. The van der Waals surface area contributed by atoms with Crippen LogP contribution >= 0.6 is 11.3 Å². The Morgan fingerprint density at radius 2 is 2.38 bits per heavy atom. The van der Waals surface area contributed by atoms with Gasteiger partial charge in [-0.3, -0.25) is 9.58 Å². The van der Waals surface area contributed by atoms with Crippen molar-refractivity contribution in [2.45, 2.75) is 38.5 Å². The number of ether oxygens (including phenoxy) is 1. The molecule has 0 N–H and O–H groups in total. The van der Waals surface area contributed by atoms with Crippen molar-refractivity contribution in [1.29, 1.82) is 0 Å². The Morgan fingerprint density at radius 3 is 3.14 bits per heavy atom. The molecule has 0 radical (unpaired) electrons. The summed E-state index contributed by atoms with van der Waals surface area (Å²) in [6.45, 7) is 3.86. The third-order valence-corrected chi connectivity index (χ3v) is 5.04. The van der Waals surface area contributed by atoms with Crippen molar-refractivity contribution in [2.24, 2.45) is 0 Å². The van der Waals surface area contributed by atoms with Crippen LogP contribution in [0, 0.1) is 0 Å². The van der Waals surface area contributed by atoms with Crippen LogP contribution in [-0.2, 0) is 17.8 Å². The van der Waals surface area contributed by atoms with E-state index in [2.05, 4.69) is 29.2 Å². The monoisotopic (exact) mass is 305 g/mol. The van der Waals surface area contributed by atoms with Gasteiger partial charge in [-0.1, -0.05) is 0 Å². The molecule has 4 nitrogen and oxygen atoms in total. The first-order valence-electron chi connectivity index (χ1n) is 7.67. The van der Waals surface area contributed by atoms with E-state index in [0.717, 1.165) is 26.2 Å². The van der Waals surface area contributed by atoms with Gasteiger partial charge in [-0.25, -0.2) is 0 Å². The van der Waals surface area contributed by atoms with Gasteiger partial charge in [-0.05, 0) is 44.5 Å². The van der Waals surface area contributed by atoms with E-state index in [1.807, 2.05) is 34.5 Å². The van der Waals surface area contributed by atoms with Gasteiger partial charge in [0.15, 0.2) is 0 Å². The van der Waals surface area contributed by atoms with E-state index < -0.39 is 0 Å². The van der Waals surface area contributed by atoms with Crippen LogP contribution in [0.15, 0.2) is 30.6 Å². The maximum atomic E-state index is 5.86. The van der Waals surface area contributed by atoms with Gasteiger partial charge in [0, 0.05) is 41.8 Å². The van der Waals surface area contributed by atoms with E-state index in [1.165, 1.54) is 29.0 Å². The summed E-state index contributed by atoms with van der Waals surface area (Å²) in [5.41, 5.74) is 0. The number of hydrogen-bond donors (Lipinski definition) is 0. The summed E-state index contributed by atoms with van der Waals surface area (Å²) < 4.78 is 7.84. The van der Waals surface area contributed by atoms with Crippen molar-refractivity contribution >= 4 is 11.3 Å². The molecule has 2 aromatic heterocycles. The lowest BCUT2D eigenvalue weighted by Gasteiger charge is -2.21. The van der Waals surface area contributed by atoms with Gasteiger partial charge in [0.05, 0.1) is 12.6 Å². The Balaban J connectivity index is 1.49. The van der Waals surface area contributed by atoms with Gasteiger partial charge in [0.25, 0.3) is 0 Å². The topological polar surface area (TPSA) is 30.3 Å². The van der Waals surface area contributed by atoms with Crippen LogP contribution in [0.2, 0.25) is 0 Å². The average Bonchev–Trinajstić information content (AvgIpc) is 3.17. The lowest BCUT2D eigenvalue weighted by Crippen LogP contribution is -2.22. The van der Waals surface area contributed by atoms with Crippen molar-refractivity contribution in [2.75, 3.05) is 20.2 Å². The molecule has 0 amide bonds. The molecule has 1 saturated heterocycles. The fourth-order valence-electron chi connectivity index (χ4n) is 2.67. The first-order valence-corrected chi connectivity index (χ1v) is 8.49. The summed E-state index contributed by atoms with van der Waals surface area (Å²) in [7, 11) is 2.17. The number of nitrogens with zero attached hydrogens (tertiary/aromatic N) is 3. The van der Waals surface area contributed by atoms with Gasteiger partial charge >= 0.3 is 0 Å². The zero-order valence-electron chi connectivity index (χ0n) is 12.6. The number of aromatic nitrogens is 2. The van der Waals surface area contributed by atoms with E-state index in [-0.39, 0.29) is 0 Å². The maximum absolute atomic E-state index is 5.86. The molecule has 3 rings (SSSR count). The SMILES string of the molecule is CN(CCn1cccn1)Cc1ccc(C2CCCCO2)s1. The van der Waals surface area contributed by atoms with E-state index >= 15 is 0 Å². The van der Waals surface area contributed by atoms with Crippen molar-refractivity contribution in [1.82, 2.24) is 14.7 Å². The van der Waals surface area contributed by atoms with E-state index in [9.17, 15) is 0 Å². The fraction of sp³-hybridized carbons (Fsp3) is 0.562. The second kappa shape index (κ2) is 7.20. The standard InChI is InChI=1S/C16H23N3OS/c1-18(10-11-19-9-4-8-17-19)13-14-6-7-16(21-14)15-5-2-3-12-20-15/h4,6-9,15H,2-3,5,10-13H2,1H3. The zero-order valence-corrected chi connectivity index (χ0v) is 13.4. The van der Waals surface area contributed by atoms with Crippen LogP contribution in [0.4, 0.5) is 0 Å². The van der Waals surface area contributed by atoms with Gasteiger partial charge in [0.1, 0.15) is 0 Å². The van der Waals surface area contributed by atoms with E-state index in [4.69, 9.17) is 4.74 Å². The molecule has 0 aliphatic carbocycles. The molecule has 0 bridgehead atoms. The van der Waals surface area contributed by atoms with Crippen molar-refractivity contribution < 1.29 is 4.74 Å². The molecule has 5 heteroatoms. The molecule has 0 aromatic carbocycles. The highest BCUT2D eigenvalue weighted by atomic mass is 32.1. The van der Waals surface area contributed by atoms with Crippen LogP contribution in [0.25, 0.3) is 0 Å². The predicted molar refractivity (Wildman–Crippen MR) is 85.4 cm³/mol. The van der Waals surface area contributed by atoms with Crippen molar-refractivity contribution in [3.63, 3.8) is 0 Å². The van der Waals surface area contributed by atoms with Gasteiger partial charge in [0.2, 0.25) is 0 Å². The zero-order chi connectivity index (χ0) is 14.5. The van der Waals surface area contributed by atoms with Gasteiger partial charge < -0.3 is 4.74 Å². The highest BCUT2D eigenvalue weighted by Crippen LogP contribution is 2.32. The summed E-state index contributed by atoms with van der Waals surface area (Å²) >= 11 is 1.90. The summed E-state index contributed by atoms with van der Waals surface area (Å²) in [4.78, 5) is 5.16. The Bertz CT molecular complexity index is 531. The Morgan fingerprint density at radius 1 is 1.43 bits per heavy atom. The minimum Gasteiger partial charge on any atom is -0.373 e. The first kappa shape index (κ1) is 14.8. The number of rotatable bonds is 6. The molecule has 1 unspecified atom stereocenters. The molecule has 1 atom stereocenters. The highest BCUT2D eigenvalue weighted by molar-refractivity contribution is 7.12. The maximum Gasteiger partial charge on any atom is 0.0916 e. The molecule has 114 valence electrons. The molecule has 1 fully saturated rings. The molecule has 0 saturated carbocycles. The quantitative estimate of drug-likeness (QED) is 0.820. The minimum absolute atomic E-state index is 0.340. The molecule has 1 aliphatic heterocycles. The van der Waals surface area contributed by atoms with Crippen LogP contribution in [0.5, 0.6) is 0 Å². The van der Waals surface area contributed by atoms with Crippen molar-refractivity contribution in [3.05, 3.63) is 40.3 Å². The van der Waals surface area contributed by atoms with Crippen molar-refractivity contribution in [3.8, 4) is 0 Å². The minimum atomic E-state index is 0.340. The summed E-state index contributed by atoms with van der Waals surface area (Å²) in [5, 5.41) is 4.24. The predicted octanol–water partition coefficient (Wildman–Crippen LogP) is 3.32. The molecule has 2 aromatic rings. The Kier molecular flexibility index (Phi) is 5.06. The van der Waals surface area contributed by atoms with Crippen LogP contribution in [-0.4, -0.2) is 34.9 Å². The van der Waals surface area contributed by atoms with Crippen LogP contribution in [0.1, 0.15) is 35.1 Å². The van der Waals surface area contributed by atoms with Crippen LogP contribution < -0.4 is 0 Å². The Hall–Kier alpha value is -1.17. The summed E-state index contributed by atoms with van der Waals surface area (Å²) in [6, 6.07) is 6.47. The summed E-state index contributed by atoms with van der Waals surface area (Å²) in [6.07, 6.45) is 7.86. The largest absolute Gasteiger partial charge is 0.373 e. The molecule has 21 heavy (non-hydrogen) atoms. The summed E-state index contributed by atoms with van der Waals surface area (Å²) in [5.74, 6) is 0. The number of hydrogen-bond acceptors (Lipinski definition) is 4. The molecule has 3 heterocycles. The highest BCUT2D eigenvalue weighted by Gasteiger charge is 2.18. The third kappa shape index (κ3) is 4.15. The molecule has 0 spiro atoms. The fourth-order valence-corrected chi connectivity index (χ4v) is 3.85. The molecule has 1 aliphatic rings. The first-order chi connectivity index (χ1) is 10.3. The van der Waals surface area contributed by atoms with Crippen LogP contribution in [0.3, 0.4) is 0 Å². The van der Waals surface area contributed by atoms with E-state index in [1.54, 1.807) is 0 Å². The lowest BCUT2D eigenvalue weighted by atomic mass is 10.1. The molecular formula is C16H23N3OS. The normalized spacial score (nSPS) is 19.2. The van der Waals surface area contributed by atoms with Gasteiger partial charge in [-0.2, -0.15) is 5.10 Å². The van der Waals surface area contributed by atoms with E-state index in [0.29, 0.717) is 6.10 Å².